The first kappa shape index (κ1) is 16.6. The van der Waals surface area contributed by atoms with Crippen LogP contribution in [0.1, 0.15) is 18.2 Å². The zero-order valence-corrected chi connectivity index (χ0v) is 14.5. The van der Waals surface area contributed by atoms with Crippen molar-refractivity contribution in [2.45, 2.75) is 23.4 Å². The van der Waals surface area contributed by atoms with Crippen LogP contribution in [0.2, 0.25) is 10.0 Å². The van der Waals surface area contributed by atoms with E-state index in [9.17, 15) is 4.79 Å². The highest BCUT2D eigenvalue weighted by atomic mass is 35.5. The molecular weight excluding hydrogens is 347 g/mol. The minimum Gasteiger partial charge on any atom is -0.356 e. The van der Waals surface area contributed by atoms with Gasteiger partial charge in [0, 0.05) is 27.7 Å². The fourth-order valence-electron chi connectivity index (χ4n) is 1.64. The number of thioether (sulfide) groups is 1. The number of amides is 1. The van der Waals surface area contributed by atoms with Gasteiger partial charge < -0.3 is 5.32 Å². The van der Waals surface area contributed by atoms with Crippen LogP contribution in [0.15, 0.2) is 27.9 Å². The summed E-state index contributed by atoms with van der Waals surface area (Å²) in [4.78, 5) is 15.9. The van der Waals surface area contributed by atoms with Gasteiger partial charge in [-0.2, -0.15) is 0 Å². The molecule has 1 aromatic carbocycles. The lowest BCUT2D eigenvalue weighted by atomic mass is 10.2. The number of hydrogen-bond donors (Lipinski definition) is 1. The molecule has 21 heavy (non-hydrogen) atoms. The van der Waals surface area contributed by atoms with E-state index >= 15 is 0 Å². The molecule has 0 fully saturated rings. The zero-order chi connectivity index (χ0) is 15.2. The first-order valence-electron chi connectivity index (χ1n) is 6.36. The molecule has 0 saturated carbocycles. The van der Waals surface area contributed by atoms with Gasteiger partial charge in [-0.15, -0.1) is 11.3 Å². The van der Waals surface area contributed by atoms with Crippen molar-refractivity contribution in [1.82, 2.24) is 10.3 Å². The van der Waals surface area contributed by atoms with E-state index in [0.29, 0.717) is 23.0 Å². The van der Waals surface area contributed by atoms with Gasteiger partial charge >= 0.3 is 0 Å². The van der Waals surface area contributed by atoms with Crippen molar-refractivity contribution >= 4 is 52.2 Å². The lowest BCUT2D eigenvalue weighted by Gasteiger charge is -2.02. The van der Waals surface area contributed by atoms with E-state index in [1.807, 2.05) is 24.4 Å². The molecule has 0 bridgehead atoms. The van der Waals surface area contributed by atoms with Gasteiger partial charge in [0.25, 0.3) is 0 Å². The summed E-state index contributed by atoms with van der Waals surface area (Å²) in [6.07, 6.45) is 0.326. The van der Waals surface area contributed by atoms with Gasteiger partial charge in [0.05, 0.1) is 12.1 Å². The molecule has 1 aromatic heterocycles. The number of aromatic nitrogens is 1. The van der Waals surface area contributed by atoms with Crippen molar-refractivity contribution in [3.8, 4) is 0 Å². The number of hydrogen-bond acceptors (Lipinski definition) is 4. The molecule has 0 saturated heterocycles. The van der Waals surface area contributed by atoms with Gasteiger partial charge in [-0.1, -0.05) is 41.0 Å². The maximum atomic E-state index is 11.5. The molecule has 112 valence electrons. The topological polar surface area (TPSA) is 42.0 Å². The highest BCUT2D eigenvalue weighted by Gasteiger charge is 2.08. The fraction of sp³-hybridized carbons (Fsp3) is 0.286. The van der Waals surface area contributed by atoms with Crippen LogP contribution in [0.4, 0.5) is 0 Å². The van der Waals surface area contributed by atoms with Crippen molar-refractivity contribution in [2.75, 3.05) is 6.54 Å². The Kier molecular flexibility index (Phi) is 6.36. The molecule has 0 aliphatic rings. The minimum absolute atomic E-state index is 0.0000886. The molecule has 0 aliphatic heterocycles. The Balaban J connectivity index is 1.92. The van der Waals surface area contributed by atoms with Crippen molar-refractivity contribution in [3.05, 3.63) is 44.9 Å². The molecule has 0 spiro atoms. The fourth-order valence-corrected chi connectivity index (χ4v) is 4.04. The molecule has 0 aliphatic carbocycles. The first-order chi connectivity index (χ1) is 10.1. The third-order valence-electron chi connectivity index (χ3n) is 2.61. The molecule has 0 atom stereocenters. The van der Waals surface area contributed by atoms with Crippen LogP contribution in [-0.4, -0.2) is 17.4 Å². The van der Waals surface area contributed by atoms with Crippen LogP contribution >= 0.6 is 46.3 Å². The van der Waals surface area contributed by atoms with Crippen LogP contribution in [0.5, 0.6) is 0 Å². The standard InChI is InChI=1S/C14H14Cl2N2OS2/c1-2-17-13(19)6-11-8-21-14(18-11)20-7-9-3-4-10(15)5-12(9)16/h3-5,8H,2,6-7H2,1H3,(H,17,19). The van der Waals surface area contributed by atoms with Crippen molar-refractivity contribution in [3.63, 3.8) is 0 Å². The summed E-state index contributed by atoms with van der Waals surface area (Å²) in [6, 6.07) is 5.48. The van der Waals surface area contributed by atoms with Crippen LogP contribution in [0, 0.1) is 0 Å². The Hall–Kier alpha value is -0.750. The Labute approximate surface area is 142 Å². The molecule has 1 heterocycles. The quantitative estimate of drug-likeness (QED) is 0.775. The number of nitrogens with zero attached hydrogens (tertiary/aromatic N) is 1. The number of carbonyl (C=O) groups is 1. The Morgan fingerprint density at radius 1 is 1.43 bits per heavy atom. The molecule has 0 radical (unpaired) electrons. The normalized spacial score (nSPS) is 10.6. The van der Waals surface area contributed by atoms with E-state index in [2.05, 4.69) is 10.3 Å². The van der Waals surface area contributed by atoms with E-state index in [-0.39, 0.29) is 5.91 Å². The van der Waals surface area contributed by atoms with Gasteiger partial charge in [-0.3, -0.25) is 4.79 Å². The summed E-state index contributed by atoms with van der Waals surface area (Å²) < 4.78 is 0.931. The van der Waals surface area contributed by atoms with Gasteiger partial charge in [-0.05, 0) is 24.6 Å². The van der Waals surface area contributed by atoms with Crippen molar-refractivity contribution < 1.29 is 4.79 Å². The number of benzene rings is 1. The van der Waals surface area contributed by atoms with Crippen molar-refractivity contribution in [2.24, 2.45) is 0 Å². The Bertz CT molecular complexity index is 631. The second-order valence-electron chi connectivity index (χ2n) is 4.26. The molecule has 3 nitrogen and oxygen atoms in total. The average molecular weight is 361 g/mol. The van der Waals surface area contributed by atoms with E-state index in [1.165, 1.54) is 0 Å². The third-order valence-corrected chi connectivity index (χ3v) is 5.32. The number of thiazole rings is 1. The summed E-state index contributed by atoms with van der Waals surface area (Å²) in [5.41, 5.74) is 1.82. The summed E-state index contributed by atoms with van der Waals surface area (Å²) in [5, 5.41) is 5.97. The molecule has 1 amide bonds. The molecular formula is C14H14Cl2N2OS2. The summed E-state index contributed by atoms with van der Waals surface area (Å²) >= 11 is 15.2. The molecule has 1 N–H and O–H groups in total. The maximum absolute atomic E-state index is 11.5. The summed E-state index contributed by atoms with van der Waals surface area (Å²) in [6.45, 7) is 2.54. The average Bonchev–Trinajstić information content (AvgIpc) is 2.85. The van der Waals surface area contributed by atoms with Gasteiger partial charge in [-0.25, -0.2) is 4.98 Å². The van der Waals surface area contributed by atoms with E-state index in [0.717, 1.165) is 21.3 Å². The Morgan fingerprint density at radius 2 is 2.24 bits per heavy atom. The molecule has 2 rings (SSSR count). The van der Waals surface area contributed by atoms with Crippen LogP contribution in [0.25, 0.3) is 0 Å². The predicted octanol–water partition coefficient (Wildman–Crippen LogP) is 4.42. The number of halogens is 2. The number of rotatable bonds is 6. The minimum atomic E-state index is 0.0000886. The van der Waals surface area contributed by atoms with E-state index in [1.54, 1.807) is 29.2 Å². The smallest absolute Gasteiger partial charge is 0.226 e. The van der Waals surface area contributed by atoms with Crippen LogP contribution in [-0.2, 0) is 17.0 Å². The monoisotopic (exact) mass is 360 g/mol. The zero-order valence-electron chi connectivity index (χ0n) is 11.4. The van der Waals surface area contributed by atoms with Gasteiger partial charge in [0.2, 0.25) is 5.91 Å². The summed E-state index contributed by atoms with van der Waals surface area (Å²) in [7, 11) is 0. The highest BCUT2D eigenvalue weighted by molar-refractivity contribution is 8.00. The van der Waals surface area contributed by atoms with Crippen LogP contribution in [0.3, 0.4) is 0 Å². The Morgan fingerprint density at radius 3 is 2.95 bits per heavy atom. The summed E-state index contributed by atoms with van der Waals surface area (Å²) in [5.74, 6) is 0.726. The van der Waals surface area contributed by atoms with E-state index < -0.39 is 0 Å². The predicted molar refractivity (Wildman–Crippen MR) is 90.5 cm³/mol. The largest absolute Gasteiger partial charge is 0.356 e. The number of nitrogens with one attached hydrogen (secondary N) is 1. The second-order valence-corrected chi connectivity index (χ2v) is 7.18. The first-order valence-corrected chi connectivity index (χ1v) is 8.98. The SMILES string of the molecule is CCNC(=O)Cc1csc(SCc2ccc(Cl)cc2Cl)n1. The molecule has 7 heteroatoms. The van der Waals surface area contributed by atoms with Gasteiger partial charge in [0.15, 0.2) is 0 Å². The van der Waals surface area contributed by atoms with E-state index in [4.69, 9.17) is 23.2 Å². The highest BCUT2D eigenvalue weighted by Crippen LogP contribution is 2.30. The lowest BCUT2D eigenvalue weighted by molar-refractivity contribution is -0.120. The van der Waals surface area contributed by atoms with Gasteiger partial charge in [0.1, 0.15) is 4.34 Å². The molecule has 2 aromatic rings. The second kappa shape index (κ2) is 8.03. The number of likely N-dealkylation sites (N-methyl/N-ethyl adjacent to an activating group) is 1. The third kappa shape index (κ3) is 5.18. The maximum Gasteiger partial charge on any atom is 0.226 e. The molecule has 0 unspecified atom stereocenters. The van der Waals surface area contributed by atoms with Crippen LogP contribution < -0.4 is 5.32 Å². The van der Waals surface area contributed by atoms with Crippen molar-refractivity contribution in [1.29, 1.82) is 0 Å². The number of carbonyl (C=O) groups excluding carboxylic acids is 1. The lowest BCUT2D eigenvalue weighted by Crippen LogP contribution is -2.24.